The Morgan fingerprint density at radius 3 is 0.962 bits per heavy atom. The summed E-state index contributed by atoms with van der Waals surface area (Å²) in [4.78, 5) is 0. The minimum Gasteiger partial charge on any atom is -0.268 e. The van der Waals surface area contributed by atoms with Crippen LogP contribution in [0.15, 0.2) is 0 Å². The second-order valence-electron chi connectivity index (χ2n) is 4.57. The molecule has 1 saturated heterocycles. The molecule has 0 aromatic carbocycles. The average molecular weight is 432 g/mol. The van der Waals surface area contributed by atoms with Crippen molar-refractivity contribution in [2.75, 3.05) is 0 Å². The maximum atomic E-state index is 13.1. The molecule has 0 spiro atoms. The van der Waals surface area contributed by atoms with Gasteiger partial charge in [-0.1, -0.05) is 0 Å². The highest BCUT2D eigenvalue weighted by atomic mass is 19.4. The highest BCUT2D eigenvalue weighted by Crippen LogP contribution is 2.64. The highest BCUT2D eigenvalue weighted by molar-refractivity contribution is 5.08. The molecule has 0 amide bonds. The first-order valence-corrected chi connectivity index (χ1v) is 5.34. The largest absolute Gasteiger partial charge is 0.459 e. The van der Waals surface area contributed by atoms with E-state index in [-0.39, 0.29) is 0 Å². The fourth-order valence-electron chi connectivity index (χ4n) is 1.48. The summed E-state index contributed by atoms with van der Waals surface area (Å²) in [5, 5.41) is 0. The molecule has 0 bridgehead atoms. The molecular formula is C8F16O2. The van der Waals surface area contributed by atoms with E-state index in [2.05, 4.69) is 0 Å². The lowest BCUT2D eigenvalue weighted by Crippen LogP contribution is -2.70. The van der Waals surface area contributed by atoms with Crippen molar-refractivity contribution in [3.8, 4) is 0 Å². The molecule has 1 fully saturated rings. The predicted octanol–water partition coefficient (Wildman–Crippen LogP) is 4.95. The summed E-state index contributed by atoms with van der Waals surface area (Å²) in [6.45, 7) is 0. The number of hydrogen-bond acceptors (Lipinski definition) is 2. The molecule has 0 atom stereocenters. The molecule has 0 aromatic heterocycles. The molecule has 2 nitrogen and oxygen atoms in total. The van der Waals surface area contributed by atoms with Gasteiger partial charge in [0.2, 0.25) is 0 Å². The summed E-state index contributed by atoms with van der Waals surface area (Å²) in [6, 6.07) is 0. The fourth-order valence-corrected chi connectivity index (χ4v) is 1.48. The average Bonchev–Trinajstić information content (AvgIpc) is 2.35. The minimum atomic E-state index is -7.97. The molecule has 1 rings (SSSR count). The van der Waals surface area contributed by atoms with E-state index >= 15 is 0 Å². The second-order valence-corrected chi connectivity index (χ2v) is 4.57. The fraction of sp³-hybridized carbons (Fsp3) is 1.00. The van der Waals surface area contributed by atoms with Crippen molar-refractivity contribution in [1.82, 2.24) is 0 Å². The van der Waals surface area contributed by atoms with E-state index in [0.717, 1.165) is 0 Å². The van der Waals surface area contributed by atoms with Gasteiger partial charge in [-0.2, -0.15) is 70.2 Å². The Labute approximate surface area is 129 Å². The third-order valence-corrected chi connectivity index (χ3v) is 2.81. The van der Waals surface area contributed by atoms with Crippen molar-refractivity contribution in [1.29, 1.82) is 0 Å². The number of halogens is 16. The molecule has 0 aliphatic carbocycles. The van der Waals surface area contributed by atoms with E-state index in [0.29, 0.717) is 0 Å². The van der Waals surface area contributed by atoms with Gasteiger partial charge in [0.15, 0.2) is 0 Å². The molecule has 0 N–H and O–H groups in total. The molecule has 0 radical (unpaired) electrons. The Morgan fingerprint density at radius 1 is 0.500 bits per heavy atom. The lowest BCUT2D eigenvalue weighted by Gasteiger charge is -2.41. The van der Waals surface area contributed by atoms with Crippen LogP contribution in [0.4, 0.5) is 70.2 Å². The molecule has 0 unspecified atom stereocenters. The molecule has 0 aromatic rings. The lowest BCUT2D eigenvalue weighted by molar-refractivity contribution is -0.548. The van der Waals surface area contributed by atoms with Crippen LogP contribution in [0.2, 0.25) is 0 Å². The van der Waals surface area contributed by atoms with Crippen LogP contribution in [-0.4, -0.2) is 48.1 Å². The summed E-state index contributed by atoms with van der Waals surface area (Å²) in [5.41, 5.74) is 0. The van der Waals surface area contributed by atoms with E-state index in [1.54, 1.807) is 9.47 Å². The lowest BCUT2D eigenvalue weighted by atomic mass is 10.1. The molecule has 18 heteroatoms. The smallest absolute Gasteiger partial charge is 0.268 e. The van der Waals surface area contributed by atoms with Gasteiger partial charge in [0, 0.05) is 0 Å². The minimum absolute atomic E-state index is 1.57. The van der Waals surface area contributed by atoms with Gasteiger partial charge in [0.1, 0.15) is 0 Å². The van der Waals surface area contributed by atoms with E-state index < -0.39 is 48.1 Å². The van der Waals surface area contributed by atoms with Crippen LogP contribution in [0, 0.1) is 0 Å². The van der Waals surface area contributed by atoms with Crippen molar-refractivity contribution < 1.29 is 79.7 Å². The maximum absolute atomic E-state index is 13.1. The van der Waals surface area contributed by atoms with Crippen molar-refractivity contribution in [2.45, 2.75) is 48.1 Å². The van der Waals surface area contributed by atoms with Gasteiger partial charge in [0.25, 0.3) is 0 Å². The van der Waals surface area contributed by atoms with Crippen LogP contribution in [-0.2, 0) is 9.47 Å². The van der Waals surface area contributed by atoms with Crippen molar-refractivity contribution in [2.24, 2.45) is 0 Å². The Kier molecular flexibility index (Phi) is 4.56. The molecule has 1 aliphatic rings. The van der Waals surface area contributed by atoms with Gasteiger partial charge in [-0.05, 0) is 0 Å². The van der Waals surface area contributed by atoms with Crippen LogP contribution < -0.4 is 0 Å². The Morgan fingerprint density at radius 2 is 0.769 bits per heavy atom. The van der Waals surface area contributed by atoms with E-state index in [1.165, 1.54) is 0 Å². The van der Waals surface area contributed by atoms with Gasteiger partial charge < -0.3 is 0 Å². The maximum Gasteiger partial charge on any atom is 0.459 e. The normalized spacial score (nSPS) is 27.7. The van der Waals surface area contributed by atoms with Gasteiger partial charge in [-0.25, -0.2) is 0 Å². The Hall–Kier alpha value is -1.20. The first kappa shape index (κ1) is 22.8. The van der Waals surface area contributed by atoms with Crippen molar-refractivity contribution in [3.63, 3.8) is 0 Å². The van der Waals surface area contributed by atoms with Crippen LogP contribution in [0.1, 0.15) is 0 Å². The topological polar surface area (TPSA) is 18.5 Å². The van der Waals surface area contributed by atoms with Gasteiger partial charge >= 0.3 is 48.1 Å². The predicted molar refractivity (Wildman–Crippen MR) is 41.7 cm³/mol. The molecule has 156 valence electrons. The Balaban J connectivity index is 3.97. The van der Waals surface area contributed by atoms with Crippen LogP contribution in [0.3, 0.4) is 0 Å². The van der Waals surface area contributed by atoms with Crippen molar-refractivity contribution in [3.05, 3.63) is 0 Å². The van der Waals surface area contributed by atoms with Gasteiger partial charge in [-0.3, -0.25) is 9.47 Å². The van der Waals surface area contributed by atoms with Crippen LogP contribution >= 0.6 is 0 Å². The number of alkyl halides is 16. The monoisotopic (exact) mass is 432 g/mol. The van der Waals surface area contributed by atoms with E-state index in [1.807, 2.05) is 0 Å². The molecule has 1 aliphatic heterocycles. The van der Waals surface area contributed by atoms with Crippen LogP contribution in [0.25, 0.3) is 0 Å². The van der Waals surface area contributed by atoms with E-state index in [9.17, 15) is 70.2 Å². The Bertz CT molecular complexity index is 528. The third kappa shape index (κ3) is 2.58. The molecular weight excluding hydrogens is 432 g/mol. The summed E-state index contributed by atoms with van der Waals surface area (Å²) >= 11 is 0. The zero-order valence-corrected chi connectivity index (χ0v) is 10.9. The first-order valence-electron chi connectivity index (χ1n) is 5.34. The van der Waals surface area contributed by atoms with Gasteiger partial charge in [0.05, 0.1) is 0 Å². The summed E-state index contributed by atoms with van der Waals surface area (Å²) in [7, 11) is 0. The van der Waals surface area contributed by atoms with Crippen molar-refractivity contribution >= 4 is 0 Å². The number of rotatable bonds is 1. The SMILES string of the molecule is FC(F)(F)C(F)(F)C1(C(F)(F)F)OC(F)(F)C(F)(F)C(F)(F)C(F)(F)O1. The zero-order valence-electron chi connectivity index (χ0n) is 10.9. The van der Waals surface area contributed by atoms with Crippen LogP contribution in [0.5, 0.6) is 0 Å². The molecule has 26 heavy (non-hydrogen) atoms. The quantitative estimate of drug-likeness (QED) is 0.547. The highest BCUT2D eigenvalue weighted by Gasteiger charge is 2.95. The summed E-state index contributed by atoms with van der Waals surface area (Å²) in [5.74, 6) is -31.0. The molecule has 0 saturated carbocycles. The molecule has 1 heterocycles. The summed E-state index contributed by atoms with van der Waals surface area (Å²) in [6.07, 6.45) is -30.7. The third-order valence-electron chi connectivity index (χ3n) is 2.81. The first-order chi connectivity index (χ1) is 10.9. The van der Waals surface area contributed by atoms with E-state index in [4.69, 9.17) is 0 Å². The number of hydrogen-bond donors (Lipinski definition) is 0. The number of ether oxygens (including phenoxy) is 2. The summed E-state index contributed by atoms with van der Waals surface area (Å²) < 4.78 is 207. The zero-order chi connectivity index (χ0) is 21.4. The van der Waals surface area contributed by atoms with Gasteiger partial charge in [-0.15, -0.1) is 0 Å². The second kappa shape index (κ2) is 5.20. The standard InChI is InChI=1S/C8F16O2/c9-1(10)2(11,12)8(23,24)26-4(6(18,19)20,25-7(1,21)22)3(13,14)5(15,16)17.